The summed E-state index contributed by atoms with van der Waals surface area (Å²) in [5.74, 6) is -1.74. The minimum Gasteiger partial charge on any atom is -0.481 e. The van der Waals surface area contributed by atoms with Crippen LogP contribution in [0.15, 0.2) is 0 Å². The van der Waals surface area contributed by atoms with Crippen LogP contribution in [0.4, 0.5) is 0 Å². The Morgan fingerprint density at radius 2 is 1.58 bits per heavy atom. The molecular weight excluding hydrogens is 312 g/mol. The Morgan fingerprint density at radius 3 is 2.08 bits per heavy atom. The van der Waals surface area contributed by atoms with Crippen molar-refractivity contribution in [3.05, 3.63) is 0 Å². The van der Waals surface area contributed by atoms with Crippen LogP contribution >= 0.6 is 0 Å². The van der Waals surface area contributed by atoms with E-state index < -0.39 is 11.9 Å². The maximum absolute atomic E-state index is 9.90. The molecule has 24 heavy (non-hydrogen) atoms. The third-order valence-corrected chi connectivity index (χ3v) is 3.89. The molecule has 1 unspecified atom stereocenters. The quantitative estimate of drug-likeness (QED) is 0.331. The van der Waals surface area contributed by atoms with Crippen LogP contribution in [-0.4, -0.2) is 72.4 Å². The van der Waals surface area contributed by atoms with Gasteiger partial charge in [-0.2, -0.15) is 0 Å². The average molecular weight is 346 g/mol. The Labute approximate surface area is 144 Å². The minimum absolute atomic E-state index is 0.0628. The molecule has 0 spiro atoms. The van der Waals surface area contributed by atoms with E-state index in [1.165, 1.54) is 6.42 Å². The Bertz CT molecular complexity index is 310. The van der Waals surface area contributed by atoms with Crippen molar-refractivity contribution in [2.75, 3.05) is 39.3 Å². The number of carbonyl (C=O) groups is 2. The summed E-state index contributed by atoms with van der Waals surface area (Å²) in [6.45, 7) is 6.14. The molecule has 0 aromatic rings. The van der Waals surface area contributed by atoms with E-state index in [2.05, 4.69) is 10.2 Å². The number of hydrogen-bond donors (Lipinski definition) is 5. The minimum atomic E-state index is -0.870. The zero-order valence-electron chi connectivity index (χ0n) is 14.6. The predicted octanol–water partition coefficient (Wildman–Crippen LogP) is 0.0639. The number of unbranched alkanes of at least 4 members (excludes halogenated alkanes) is 1. The summed E-state index contributed by atoms with van der Waals surface area (Å²) >= 11 is 0. The lowest BCUT2D eigenvalue weighted by Crippen LogP contribution is -2.51. The lowest BCUT2D eigenvalue weighted by Gasteiger charge is -2.36. The summed E-state index contributed by atoms with van der Waals surface area (Å²) in [5, 5.41) is 19.7. The zero-order valence-corrected chi connectivity index (χ0v) is 14.6. The van der Waals surface area contributed by atoms with Gasteiger partial charge >= 0.3 is 11.9 Å². The first kappa shape index (κ1) is 22.8. The zero-order chi connectivity index (χ0) is 18.2. The van der Waals surface area contributed by atoms with Crippen molar-refractivity contribution in [2.45, 2.75) is 51.0 Å². The molecule has 1 saturated heterocycles. The lowest BCUT2D eigenvalue weighted by molar-refractivity contribution is -0.139. The van der Waals surface area contributed by atoms with Crippen LogP contribution in [0, 0.1) is 0 Å². The topological polar surface area (TPSA) is 142 Å². The van der Waals surface area contributed by atoms with E-state index in [0.29, 0.717) is 18.9 Å². The Morgan fingerprint density at radius 1 is 1.00 bits per heavy atom. The number of carboxylic acid groups (broad SMARTS) is 2. The number of hydrogen-bond acceptors (Lipinski definition) is 6. The van der Waals surface area contributed by atoms with Gasteiger partial charge in [0.05, 0.1) is 0 Å². The van der Waals surface area contributed by atoms with Gasteiger partial charge < -0.3 is 27.0 Å². The monoisotopic (exact) mass is 346 g/mol. The summed E-state index contributed by atoms with van der Waals surface area (Å²) in [4.78, 5) is 22.3. The van der Waals surface area contributed by atoms with Crippen LogP contribution in [-0.2, 0) is 9.59 Å². The molecule has 1 rings (SSSR count). The van der Waals surface area contributed by atoms with Gasteiger partial charge in [0.2, 0.25) is 0 Å². The second-order valence-corrected chi connectivity index (χ2v) is 5.96. The second kappa shape index (κ2) is 15.3. The van der Waals surface area contributed by atoms with Crippen LogP contribution in [0.3, 0.4) is 0 Å². The fraction of sp³-hybridized carbons (Fsp3) is 0.875. The van der Waals surface area contributed by atoms with Crippen LogP contribution in [0.25, 0.3) is 0 Å². The summed E-state index contributed by atoms with van der Waals surface area (Å²) < 4.78 is 0. The van der Waals surface area contributed by atoms with Crippen molar-refractivity contribution in [3.63, 3.8) is 0 Å². The largest absolute Gasteiger partial charge is 0.481 e. The molecule has 1 fully saturated rings. The molecule has 0 aromatic heterocycles. The van der Waals surface area contributed by atoms with Gasteiger partial charge in [-0.15, -0.1) is 0 Å². The van der Waals surface area contributed by atoms with Crippen molar-refractivity contribution in [3.8, 4) is 0 Å². The highest BCUT2D eigenvalue weighted by Crippen LogP contribution is 2.09. The first-order chi connectivity index (χ1) is 11.5. The normalized spacial score (nSPS) is 17.8. The fourth-order valence-corrected chi connectivity index (χ4v) is 2.58. The van der Waals surface area contributed by atoms with Crippen molar-refractivity contribution >= 4 is 11.9 Å². The van der Waals surface area contributed by atoms with Gasteiger partial charge in [0.1, 0.15) is 0 Å². The number of aliphatic carboxylic acids is 2. The maximum atomic E-state index is 9.90. The molecule has 1 aliphatic rings. The second-order valence-electron chi connectivity index (χ2n) is 5.96. The summed E-state index contributed by atoms with van der Waals surface area (Å²) in [6.07, 6.45) is 4.47. The first-order valence-electron chi connectivity index (χ1n) is 8.79. The molecule has 142 valence electrons. The molecule has 0 saturated carbocycles. The standard InChI is InChI=1S/C10H24N4.C6H10O4/c11-4-1-3-10-9-13-6-8-14(10)7-2-5-12;7-5(8)3-1-2-4-6(9)10/h10,13H,1-9,11-12H2;1-4H2,(H,7,8)(H,9,10). The van der Waals surface area contributed by atoms with Crippen LogP contribution < -0.4 is 16.8 Å². The van der Waals surface area contributed by atoms with Gasteiger partial charge in [-0.3, -0.25) is 14.5 Å². The molecular formula is C16H34N4O4. The highest BCUT2D eigenvalue weighted by molar-refractivity contribution is 5.67. The first-order valence-corrected chi connectivity index (χ1v) is 8.79. The number of rotatable bonds is 11. The number of nitrogens with zero attached hydrogens (tertiary/aromatic N) is 1. The molecule has 8 nitrogen and oxygen atoms in total. The third-order valence-electron chi connectivity index (χ3n) is 3.89. The Hall–Kier alpha value is -1.22. The molecule has 8 heteroatoms. The van der Waals surface area contributed by atoms with E-state index in [-0.39, 0.29) is 12.8 Å². The number of carboxylic acids is 2. The molecule has 7 N–H and O–H groups in total. The van der Waals surface area contributed by atoms with Gasteiger partial charge in [-0.05, 0) is 51.7 Å². The van der Waals surface area contributed by atoms with Crippen molar-refractivity contribution < 1.29 is 19.8 Å². The van der Waals surface area contributed by atoms with E-state index in [9.17, 15) is 9.59 Å². The summed E-state index contributed by atoms with van der Waals surface area (Å²) in [5.41, 5.74) is 11.1. The van der Waals surface area contributed by atoms with Crippen molar-refractivity contribution in [2.24, 2.45) is 11.5 Å². The smallest absolute Gasteiger partial charge is 0.303 e. The van der Waals surface area contributed by atoms with Crippen molar-refractivity contribution in [1.82, 2.24) is 10.2 Å². The SMILES string of the molecule is NCCCC1CNCCN1CCCN.O=C(O)CCCCC(=O)O. The van der Waals surface area contributed by atoms with E-state index in [1.807, 2.05) is 0 Å². The number of piperazine rings is 1. The predicted molar refractivity (Wildman–Crippen MR) is 93.9 cm³/mol. The van der Waals surface area contributed by atoms with Crippen LogP contribution in [0.1, 0.15) is 44.9 Å². The van der Waals surface area contributed by atoms with Crippen LogP contribution in [0.5, 0.6) is 0 Å². The molecule has 0 aromatic carbocycles. The van der Waals surface area contributed by atoms with Gasteiger partial charge in [0.15, 0.2) is 0 Å². The van der Waals surface area contributed by atoms with Gasteiger partial charge in [0, 0.05) is 38.5 Å². The molecule has 0 radical (unpaired) electrons. The molecule has 1 heterocycles. The lowest BCUT2D eigenvalue weighted by atomic mass is 10.1. The van der Waals surface area contributed by atoms with E-state index >= 15 is 0 Å². The summed E-state index contributed by atoms with van der Waals surface area (Å²) in [6, 6.07) is 0.679. The number of nitrogens with one attached hydrogen (secondary N) is 1. The van der Waals surface area contributed by atoms with E-state index in [0.717, 1.165) is 52.1 Å². The van der Waals surface area contributed by atoms with Gasteiger partial charge in [-0.25, -0.2) is 0 Å². The maximum Gasteiger partial charge on any atom is 0.303 e. The fourth-order valence-electron chi connectivity index (χ4n) is 2.58. The van der Waals surface area contributed by atoms with Gasteiger partial charge in [-0.1, -0.05) is 0 Å². The molecule has 0 amide bonds. The molecule has 1 atom stereocenters. The third kappa shape index (κ3) is 13.2. The number of nitrogens with two attached hydrogens (primary N) is 2. The van der Waals surface area contributed by atoms with E-state index in [1.54, 1.807) is 0 Å². The molecule has 1 aliphatic heterocycles. The molecule has 0 aliphatic carbocycles. The Kier molecular flexibility index (Phi) is 14.5. The average Bonchev–Trinajstić information content (AvgIpc) is 2.56. The Balaban J connectivity index is 0.000000470. The van der Waals surface area contributed by atoms with E-state index in [4.69, 9.17) is 21.7 Å². The highest BCUT2D eigenvalue weighted by atomic mass is 16.4. The van der Waals surface area contributed by atoms with Gasteiger partial charge in [0.25, 0.3) is 0 Å². The van der Waals surface area contributed by atoms with Crippen LogP contribution in [0.2, 0.25) is 0 Å². The molecule has 0 bridgehead atoms. The summed E-state index contributed by atoms with van der Waals surface area (Å²) in [7, 11) is 0. The van der Waals surface area contributed by atoms with Crippen molar-refractivity contribution in [1.29, 1.82) is 0 Å². The highest BCUT2D eigenvalue weighted by Gasteiger charge is 2.20.